The number of hydrogen-bond acceptors (Lipinski definition) is 3. The Labute approximate surface area is 137 Å². The number of sulfonamides is 1. The third-order valence-corrected chi connectivity index (χ3v) is 5.34. The first-order chi connectivity index (χ1) is 9.70. The van der Waals surface area contributed by atoms with Gasteiger partial charge >= 0.3 is 0 Å². The van der Waals surface area contributed by atoms with Gasteiger partial charge in [0.2, 0.25) is 0 Å². The molecule has 7 heteroatoms. The summed E-state index contributed by atoms with van der Waals surface area (Å²) in [6, 6.07) is 8.22. The van der Waals surface area contributed by atoms with Crippen LogP contribution in [0.5, 0.6) is 0 Å². The lowest BCUT2D eigenvalue weighted by Crippen LogP contribution is -2.15. The highest BCUT2D eigenvalue weighted by atomic mass is 79.9. The van der Waals surface area contributed by atoms with Crippen molar-refractivity contribution in [1.82, 2.24) is 0 Å². The molecule has 112 valence electrons. The van der Waals surface area contributed by atoms with Crippen LogP contribution in [-0.2, 0) is 10.0 Å². The summed E-state index contributed by atoms with van der Waals surface area (Å²) in [7, 11) is -3.72. The SMILES string of the molecule is Cc1cc(Br)ccc1NS(=O)(=O)c1cc(N)c(Cl)cc1C. The predicted octanol–water partition coefficient (Wildman–Crippen LogP) is 4.10. The highest BCUT2D eigenvalue weighted by molar-refractivity contribution is 9.10. The molecule has 0 saturated heterocycles. The molecule has 2 rings (SSSR count). The fourth-order valence-corrected chi connectivity index (χ4v) is 3.99. The van der Waals surface area contributed by atoms with Crippen molar-refractivity contribution < 1.29 is 8.42 Å². The van der Waals surface area contributed by atoms with Gasteiger partial charge in [0.15, 0.2) is 0 Å². The molecule has 0 amide bonds. The number of nitrogens with two attached hydrogens (primary N) is 1. The molecule has 0 aromatic heterocycles. The number of halogens is 2. The lowest BCUT2D eigenvalue weighted by Gasteiger charge is -2.13. The van der Waals surface area contributed by atoms with Crippen LogP contribution in [0.3, 0.4) is 0 Å². The molecule has 0 aliphatic rings. The molecule has 2 aromatic rings. The van der Waals surface area contributed by atoms with Gasteiger partial charge in [-0.15, -0.1) is 0 Å². The Bertz CT molecular complexity index is 807. The van der Waals surface area contributed by atoms with E-state index in [1.165, 1.54) is 6.07 Å². The van der Waals surface area contributed by atoms with Crippen LogP contribution in [0, 0.1) is 13.8 Å². The van der Waals surface area contributed by atoms with E-state index in [4.69, 9.17) is 17.3 Å². The van der Waals surface area contributed by atoms with Gasteiger partial charge in [0, 0.05) is 4.47 Å². The Hall–Kier alpha value is -1.24. The van der Waals surface area contributed by atoms with Gasteiger partial charge in [-0.25, -0.2) is 8.42 Å². The Morgan fingerprint density at radius 1 is 1.14 bits per heavy atom. The van der Waals surface area contributed by atoms with E-state index in [0.29, 0.717) is 16.3 Å². The lowest BCUT2D eigenvalue weighted by molar-refractivity contribution is 0.600. The molecule has 0 saturated carbocycles. The minimum atomic E-state index is -3.72. The number of nitrogen functional groups attached to an aromatic ring is 1. The summed E-state index contributed by atoms with van der Waals surface area (Å²) in [6.45, 7) is 3.50. The zero-order chi connectivity index (χ0) is 15.8. The standard InChI is InChI=1S/C14H14BrClN2O2S/c1-8-5-10(15)3-4-13(8)18-21(19,20)14-7-12(17)11(16)6-9(14)2/h3-7,18H,17H2,1-2H3. The van der Waals surface area contributed by atoms with Gasteiger partial charge < -0.3 is 5.73 Å². The summed E-state index contributed by atoms with van der Waals surface area (Å²) in [5.41, 5.74) is 7.80. The second-order valence-electron chi connectivity index (χ2n) is 4.70. The molecule has 0 fully saturated rings. The third kappa shape index (κ3) is 3.51. The van der Waals surface area contributed by atoms with Crippen LogP contribution >= 0.6 is 27.5 Å². The quantitative estimate of drug-likeness (QED) is 0.776. The van der Waals surface area contributed by atoms with Crippen LogP contribution in [0.2, 0.25) is 5.02 Å². The minimum absolute atomic E-state index is 0.117. The van der Waals surface area contributed by atoms with E-state index in [1.54, 1.807) is 25.1 Å². The number of anilines is 2. The Morgan fingerprint density at radius 3 is 2.43 bits per heavy atom. The fourth-order valence-electron chi connectivity index (χ4n) is 1.90. The number of benzene rings is 2. The van der Waals surface area contributed by atoms with Gasteiger partial charge in [0.1, 0.15) is 0 Å². The van der Waals surface area contributed by atoms with E-state index >= 15 is 0 Å². The molecule has 21 heavy (non-hydrogen) atoms. The molecular formula is C14H14BrClN2O2S. The summed E-state index contributed by atoms with van der Waals surface area (Å²) < 4.78 is 28.5. The summed E-state index contributed by atoms with van der Waals surface area (Å²) in [5, 5.41) is 0.339. The van der Waals surface area contributed by atoms with Gasteiger partial charge in [-0.2, -0.15) is 0 Å². The monoisotopic (exact) mass is 388 g/mol. The summed E-state index contributed by atoms with van der Waals surface area (Å²) in [5.74, 6) is 0. The largest absolute Gasteiger partial charge is 0.397 e. The van der Waals surface area contributed by atoms with Crippen molar-refractivity contribution in [2.24, 2.45) is 0 Å². The molecule has 4 nitrogen and oxygen atoms in total. The zero-order valence-electron chi connectivity index (χ0n) is 11.4. The van der Waals surface area contributed by atoms with Gasteiger partial charge in [-0.1, -0.05) is 27.5 Å². The second-order valence-corrected chi connectivity index (χ2v) is 7.68. The molecule has 0 radical (unpaired) electrons. The second kappa shape index (κ2) is 5.87. The summed E-state index contributed by atoms with van der Waals surface area (Å²) in [4.78, 5) is 0.117. The number of hydrogen-bond donors (Lipinski definition) is 2. The molecule has 0 atom stereocenters. The Morgan fingerprint density at radius 2 is 1.81 bits per heavy atom. The van der Waals surface area contributed by atoms with Crippen molar-refractivity contribution in [3.05, 3.63) is 51.0 Å². The van der Waals surface area contributed by atoms with E-state index < -0.39 is 10.0 Å². The first-order valence-corrected chi connectivity index (χ1v) is 8.71. The van der Waals surface area contributed by atoms with Crippen LogP contribution in [0.25, 0.3) is 0 Å². The van der Waals surface area contributed by atoms with E-state index in [2.05, 4.69) is 20.7 Å². The average molecular weight is 390 g/mol. The maximum Gasteiger partial charge on any atom is 0.262 e. The Kier molecular flexibility index (Phi) is 4.51. The average Bonchev–Trinajstić information content (AvgIpc) is 2.37. The van der Waals surface area contributed by atoms with Crippen molar-refractivity contribution in [2.45, 2.75) is 18.7 Å². The molecule has 0 aliphatic carbocycles. The Balaban J connectivity index is 2.46. The minimum Gasteiger partial charge on any atom is -0.397 e. The van der Waals surface area contributed by atoms with Crippen molar-refractivity contribution in [3.8, 4) is 0 Å². The molecule has 0 heterocycles. The molecule has 3 N–H and O–H groups in total. The predicted molar refractivity (Wildman–Crippen MR) is 90.3 cm³/mol. The van der Waals surface area contributed by atoms with Gasteiger partial charge in [0.25, 0.3) is 10.0 Å². The smallest absolute Gasteiger partial charge is 0.262 e. The van der Waals surface area contributed by atoms with Crippen molar-refractivity contribution in [3.63, 3.8) is 0 Å². The van der Waals surface area contributed by atoms with Crippen LogP contribution in [0.4, 0.5) is 11.4 Å². The fraction of sp³-hybridized carbons (Fsp3) is 0.143. The van der Waals surface area contributed by atoms with Crippen molar-refractivity contribution in [1.29, 1.82) is 0 Å². The molecule has 0 bridgehead atoms. The number of nitrogens with one attached hydrogen (secondary N) is 1. The van der Waals surface area contributed by atoms with E-state index in [-0.39, 0.29) is 10.6 Å². The zero-order valence-corrected chi connectivity index (χ0v) is 14.6. The lowest BCUT2D eigenvalue weighted by atomic mass is 10.2. The molecule has 2 aromatic carbocycles. The van der Waals surface area contributed by atoms with E-state index in [0.717, 1.165) is 10.0 Å². The number of aryl methyl sites for hydroxylation is 2. The summed E-state index contributed by atoms with van der Waals surface area (Å²) >= 11 is 9.23. The van der Waals surface area contributed by atoms with Crippen molar-refractivity contribution >= 4 is 48.9 Å². The molecule has 0 spiro atoms. The maximum atomic E-state index is 12.5. The highest BCUT2D eigenvalue weighted by Gasteiger charge is 2.19. The van der Waals surface area contributed by atoms with Gasteiger partial charge in [-0.05, 0) is 55.3 Å². The van der Waals surface area contributed by atoms with E-state index in [9.17, 15) is 8.42 Å². The van der Waals surface area contributed by atoms with Crippen LogP contribution in [0.1, 0.15) is 11.1 Å². The van der Waals surface area contributed by atoms with Gasteiger partial charge in [0.05, 0.1) is 21.3 Å². The van der Waals surface area contributed by atoms with E-state index in [1.807, 2.05) is 13.0 Å². The maximum absolute atomic E-state index is 12.5. The third-order valence-electron chi connectivity index (χ3n) is 3.02. The highest BCUT2D eigenvalue weighted by Crippen LogP contribution is 2.28. The first-order valence-electron chi connectivity index (χ1n) is 6.05. The van der Waals surface area contributed by atoms with Crippen LogP contribution in [-0.4, -0.2) is 8.42 Å². The normalized spacial score (nSPS) is 11.4. The van der Waals surface area contributed by atoms with Crippen molar-refractivity contribution in [2.75, 3.05) is 10.5 Å². The number of rotatable bonds is 3. The van der Waals surface area contributed by atoms with Crippen LogP contribution in [0.15, 0.2) is 39.7 Å². The topological polar surface area (TPSA) is 72.2 Å². The van der Waals surface area contributed by atoms with Gasteiger partial charge in [-0.3, -0.25) is 4.72 Å². The molecule has 0 aliphatic heterocycles. The van der Waals surface area contributed by atoms with Crippen LogP contribution < -0.4 is 10.5 Å². The molecular weight excluding hydrogens is 376 g/mol. The summed E-state index contributed by atoms with van der Waals surface area (Å²) in [6.07, 6.45) is 0. The first kappa shape index (κ1) is 16.1. The molecule has 0 unspecified atom stereocenters.